The minimum Gasteiger partial charge on any atom is -0.364 e. The number of amides is 3. The highest BCUT2D eigenvalue weighted by molar-refractivity contribution is 7.09. The van der Waals surface area contributed by atoms with Crippen LogP contribution in [0.15, 0.2) is 5.38 Å². The van der Waals surface area contributed by atoms with Crippen LogP contribution in [0.2, 0.25) is 0 Å². The molecule has 2 bridgehead atoms. The van der Waals surface area contributed by atoms with E-state index in [0.29, 0.717) is 23.9 Å². The zero-order chi connectivity index (χ0) is 16.4. The Labute approximate surface area is 138 Å². The molecule has 2 fully saturated rings. The summed E-state index contributed by atoms with van der Waals surface area (Å²) in [6, 6.07) is 0.359. The van der Waals surface area contributed by atoms with Crippen molar-refractivity contribution in [3.8, 4) is 0 Å². The molecular weight excluding hydrogens is 319 g/mol. The van der Waals surface area contributed by atoms with E-state index in [1.807, 2.05) is 4.90 Å². The van der Waals surface area contributed by atoms with Crippen LogP contribution in [0.3, 0.4) is 0 Å². The second kappa shape index (κ2) is 6.82. The first kappa shape index (κ1) is 16.2. The van der Waals surface area contributed by atoms with Gasteiger partial charge in [-0.15, -0.1) is 11.3 Å². The van der Waals surface area contributed by atoms with E-state index in [-0.39, 0.29) is 30.5 Å². The summed E-state index contributed by atoms with van der Waals surface area (Å²) in [4.78, 5) is 29.5. The topological polar surface area (TPSA) is 88.3 Å². The van der Waals surface area contributed by atoms with Gasteiger partial charge in [0.25, 0.3) is 5.91 Å². The first-order valence-corrected chi connectivity index (χ1v) is 8.82. The highest BCUT2D eigenvalue weighted by Gasteiger charge is 2.42. The number of hydrogen-bond acceptors (Lipinski definition) is 4. The maximum Gasteiger partial charge on any atom is 0.318 e. The number of hydrogen-bond donors (Lipinski definition) is 2. The van der Waals surface area contributed by atoms with E-state index in [9.17, 15) is 14.0 Å². The van der Waals surface area contributed by atoms with Crippen molar-refractivity contribution in [2.24, 2.45) is 11.7 Å². The molecule has 0 radical (unpaired) electrons. The van der Waals surface area contributed by atoms with E-state index in [2.05, 4.69) is 10.3 Å². The van der Waals surface area contributed by atoms with E-state index in [1.165, 1.54) is 11.3 Å². The van der Waals surface area contributed by atoms with Crippen molar-refractivity contribution in [3.63, 3.8) is 0 Å². The van der Waals surface area contributed by atoms with Gasteiger partial charge in [-0.2, -0.15) is 0 Å². The van der Waals surface area contributed by atoms with Gasteiger partial charge in [-0.25, -0.2) is 9.78 Å². The van der Waals surface area contributed by atoms with Crippen molar-refractivity contribution in [1.29, 1.82) is 0 Å². The standard InChI is InChI=1S/C15H21FN4O2S/c16-4-3-9-5-10-1-2-11(6-9)20(10)15(22)18-7-13-19-12(8-23-13)14(17)21/h8-11H,1-7H2,(H2,17,21)(H,18,22). The number of halogens is 1. The molecule has 6 nitrogen and oxygen atoms in total. The van der Waals surface area contributed by atoms with Crippen molar-refractivity contribution in [2.45, 2.75) is 50.7 Å². The highest BCUT2D eigenvalue weighted by atomic mass is 32.1. The SMILES string of the molecule is NC(=O)c1csc(CNC(=O)N2C3CCC2CC(CCF)C3)n1. The van der Waals surface area contributed by atoms with Crippen molar-refractivity contribution < 1.29 is 14.0 Å². The Bertz CT molecular complexity index is 580. The van der Waals surface area contributed by atoms with Gasteiger partial charge < -0.3 is 16.0 Å². The van der Waals surface area contributed by atoms with E-state index in [0.717, 1.165) is 25.7 Å². The van der Waals surface area contributed by atoms with E-state index in [4.69, 9.17) is 5.73 Å². The number of primary amides is 1. The van der Waals surface area contributed by atoms with Crippen LogP contribution in [0.25, 0.3) is 0 Å². The maximum atomic E-state index is 12.5. The molecule has 0 aromatic carbocycles. The zero-order valence-electron chi connectivity index (χ0n) is 12.8. The van der Waals surface area contributed by atoms with Crippen molar-refractivity contribution in [1.82, 2.24) is 15.2 Å². The smallest absolute Gasteiger partial charge is 0.318 e. The van der Waals surface area contributed by atoms with Crippen molar-refractivity contribution in [2.75, 3.05) is 6.67 Å². The molecule has 2 unspecified atom stereocenters. The van der Waals surface area contributed by atoms with Gasteiger partial charge in [0.1, 0.15) is 10.7 Å². The van der Waals surface area contributed by atoms with Crippen LogP contribution in [-0.2, 0) is 6.54 Å². The Morgan fingerprint density at radius 2 is 2.09 bits per heavy atom. The third-order valence-corrected chi connectivity index (χ3v) is 5.63. The molecular formula is C15H21FN4O2S. The quantitative estimate of drug-likeness (QED) is 0.860. The average molecular weight is 340 g/mol. The summed E-state index contributed by atoms with van der Waals surface area (Å²) in [5.41, 5.74) is 5.39. The van der Waals surface area contributed by atoms with Gasteiger partial charge in [0.05, 0.1) is 13.2 Å². The normalized spacial score (nSPS) is 26.3. The molecule has 2 aliphatic heterocycles. The van der Waals surface area contributed by atoms with Crippen LogP contribution in [0.4, 0.5) is 9.18 Å². The Balaban J connectivity index is 1.55. The molecule has 3 amide bonds. The number of thiazole rings is 1. The third kappa shape index (κ3) is 3.46. The first-order chi connectivity index (χ1) is 11.1. The lowest BCUT2D eigenvalue weighted by Crippen LogP contribution is -2.50. The van der Waals surface area contributed by atoms with E-state index < -0.39 is 5.91 Å². The zero-order valence-corrected chi connectivity index (χ0v) is 13.7. The summed E-state index contributed by atoms with van der Waals surface area (Å²) in [5, 5.41) is 5.13. The minimum absolute atomic E-state index is 0.0907. The molecule has 0 saturated carbocycles. The number of nitrogens with one attached hydrogen (secondary N) is 1. The molecule has 2 atom stereocenters. The van der Waals surface area contributed by atoms with Gasteiger partial charge in [0.2, 0.25) is 0 Å². The molecule has 1 aromatic heterocycles. The van der Waals surface area contributed by atoms with Gasteiger partial charge in [-0.05, 0) is 38.0 Å². The molecule has 0 aliphatic carbocycles. The molecule has 2 aliphatic rings. The predicted molar refractivity (Wildman–Crippen MR) is 84.8 cm³/mol. The number of carbonyl (C=O) groups is 2. The fraction of sp³-hybridized carbons (Fsp3) is 0.667. The molecule has 8 heteroatoms. The monoisotopic (exact) mass is 340 g/mol. The molecule has 23 heavy (non-hydrogen) atoms. The summed E-state index contributed by atoms with van der Waals surface area (Å²) in [6.45, 7) is 0.0170. The number of fused-ring (bicyclic) bond motifs is 2. The Kier molecular flexibility index (Phi) is 4.79. The lowest BCUT2D eigenvalue weighted by atomic mass is 9.89. The second-order valence-electron chi connectivity index (χ2n) is 6.26. The summed E-state index contributed by atoms with van der Waals surface area (Å²) in [7, 11) is 0. The van der Waals surface area contributed by atoms with Crippen LogP contribution in [-0.4, -0.2) is 40.6 Å². The van der Waals surface area contributed by atoms with Gasteiger partial charge in [-0.3, -0.25) is 9.18 Å². The number of alkyl halides is 1. The van der Waals surface area contributed by atoms with E-state index in [1.54, 1.807) is 5.38 Å². The third-order valence-electron chi connectivity index (χ3n) is 4.78. The molecule has 2 saturated heterocycles. The summed E-state index contributed by atoms with van der Waals surface area (Å²) >= 11 is 1.30. The number of nitrogens with two attached hydrogens (primary N) is 1. The summed E-state index contributed by atoms with van der Waals surface area (Å²) in [6.07, 6.45) is 4.42. The van der Waals surface area contributed by atoms with Crippen LogP contribution >= 0.6 is 11.3 Å². The number of carbonyl (C=O) groups excluding carboxylic acids is 2. The molecule has 1 aromatic rings. The number of nitrogens with zero attached hydrogens (tertiary/aromatic N) is 2. The fourth-order valence-corrected chi connectivity index (χ4v) is 4.48. The first-order valence-electron chi connectivity index (χ1n) is 7.94. The lowest BCUT2D eigenvalue weighted by molar-refractivity contribution is 0.0996. The van der Waals surface area contributed by atoms with Gasteiger partial charge in [-0.1, -0.05) is 0 Å². The Morgan fingerprint density at radius 3 is 2.65 bits per heavy atom. The largest absolute Gasteiger partial charge is 0.364 e. The van der Waals surface area contributed by atoms with Gasteiger partial charge in [0.15, 0.2) is 0 Å². The highest BCUT2D eigenvalue weighted by Crippen LogP contribution is 2.39. The minimum atomic E-state index is -0.563. The van der Waals surface area contributed by atoms with Crippen molar-refractivity contribution >= 4 is 23.3 Å². The lowest BCUT2D eigenvalue weighted by Gasteiger charge is -2.38. The average Bonchev–Trinajstić information content (AvgIpc) is 3.09. The summed E-state index contributed by atoms with van der Waals surface area (Å²) in [5.74, 6) is -0.162. The maximum absolute atomic E-state index is 12.5. The number of aromatic nitrogens is 1. The molecule has 3 heterocycles. The van der Waals surface area contributed by atoms with Gasteiger partial charge in [0, 0.05) is 17.5 Å². The molecule has 3 rings (SSSR count). The van der Waals surface area contributed by atoms with E-state index >= 15 is 0 Å². The molecule has 0 spiro atoms. The predicted octanol–water partition coefficient (Wildman–Crippen LogP) is 2.05. The Morgan fingerprint density at radius 1 is 1.39 bits per heavy atom. The summed E-state index contributed by atoms with van der Waals surface area (Å²) < 4.78 is 12.5. The van der Waals surface area contributed by atoms with Crippen molar-refractivity contribution in [3.05, 3.63) is 16.1 Å². The van der Waals surface area contributed by atoms with Crippen LogP contribution in [0.1, 0.15) is 47.6 Å². The van der Waals surface area contributed by atoms with Crippen LogP contribution in [0.5, 0.6) is 0 Å². The second-order valence-corrected chi connectivity index (χ2v) is 7.20. The number of rotatable bonds is 5. The number of urea groups is 1. The van der Waals surface area contributed by atoms with Crippen LogP contribution in [0, 0.1) is 5.92 Å². The van der Waals surface area contributed by atoms with Crippen LogP contribution < -0.4 is 11.1 Å². The number of piperidine rings is 1. The van der Waals surface area contributed by atoms with Gasteiger partial charge >= 0.3 is 6.03 Å². The Hall–Kier alpha value is -1.70. The molecule has 3 N–H and O–H groups in total. The molecule has 126 valence electrons. The fourth-order valence-electron chi connectivity index (χ4n) is 3.76.